The molecule has 0 radical (unpaired) electrons. The topological polar surface area (TPSA) is 129 Å². The van der Waals surface area contributed by atoms with Crippen LogP contribution in [-0.4, -0.2) is 51.0 Å². The van der Waals surface area contributed by atoms with Gasteiger partial charge < -0.3 is 25.8 Å². The Balaban J connectivity index is 1.50. The van der Waals surface area contributed by atoms with Crippen molar-refractivity contribution in [1.29, 1.82) is 0 Å². The molecule has 1 amide bonds. The number of amides is 1. The molecule has 1 saturated heterocycles. The highest BCUT2D eigenvalue weighted by Gasteiger charge is 2.32. The largest absolute Gasteiger partial charge is 0.573 e. The Bertz CT molecular complexity index is 1330. The number of benzene rings is 1. The summed E-state index contributed by atoms with van der Waals surface area (Å²) in [6.07, 6.45) is 0.842. The van der Waals surface area contributed by atoms with Gasteiger partial charge in [0.2, 0.25) is 17.8 Å². The average Bonchev–Trinajstić information content (AvgIpc) is 3.23. The summed E-state index contributed by atoms with van der Waals surface area (Å²) in [6, 6.07) is 2.11. The molecule has 3 aromatic rings. The molecular weight excluding hydrogens is 562 g/mol. The molecule has 3 heterocycles. The van der Waals surface area contributed by atoms with Gasteiger partial charge in [-0.15, -0.1) is 13.2 Å². The number of fused-ring (bicyclic) bond motifs is 1. The van der Waals surface area contributed by atoms with Crippen molar-refractivity contribution in [3.8, 4) is 5.75 Å². The summed E-state index contributed by atoms with van der Waals surface area (Å²) in [7, 11) is 0. The maximum Gasteiger partial charge on any atom is 0.573 e. The van der Waals surface area contributed by atoms with Crippen molar-refractivity contribution in [3.05, 3.63) is 28.4 Å². The number of ether oxygens (including phenoxy) is 2. The SMILES string of the molecule is NC(=O)[C@H]1CC[C@H](n2c(Nc3c(Cl)cc(OC(F)(F)F)cc3Cl)nc3cnc(NC4CCOCC4)nc32)CC1. The van der Waals surface area contributed by atoms with Gasteiger partial charge in [-0.2, -0.15) is 4.98 Å². The number of aromatic nitrogens is 4. The maximum atomic E-state index is 12.7. The van der Waals surface area contributed by atoms with E-state index in [0.29, 0.717) is 62.0 Å². The van der Waals surface area contributed by atoms with E-state index in [1.165, 1.54) is 0 Å². The van der Waals surface area contributed by atoms with Crippen molar-refractivity contribution >= 4 is 57.9 Å². The first-order valence-corrected chi connectivity index (χ1v) is 13.2. The molecule has 4 N–H and O–H groups in total. The molecule has 2 aliphatic rings. The minimum absolute atomic E-state index is 0.0919. The lowest BCUT2D eigenvalue weighted by Crippen LogP contribution is -2.29. The van der Waals surface area contributed by atoms with E-state index in [1.807, 2.05) is 4.57 Å². The van der Waals surface area contributed by atoms with Crippen molar-refractivity contribution < 1.29 is 27.4 Å². The first-order chi connectivity index (χ1) is 18.6. The Labute approximate surface area is 231 Å². The lowest BCUT2D eigenvalue weighted by Gasteiger charge is -2.29. The Morgan fingerprint density at radius 3 is 2.36 bits per heavy atom. The Morgan fingerprint density at radius 2 is 1.74 bits per heavy atom. The number of carbonyl (C=O) groups is 1. The van der Waals surface area contributed by atoms with Crippen LogP contribution in [0, 0.1) is 5.92 Å². The molecule has 1 aromatic carbocycles. The van der Waals surface area contributed by atoms with Crippen LogP contribution in [-0.2, 0) is 9.53 Å². The number of nitrogens with zero attached hydrogens (tertiary/aromatic N) is 4. The molecule has 0 atom stereocenters. The molecule has 10 nitrogen and oxygen atoms in total. The highest BCUT2D eigenvalue weighted by molar-refractivity contribution is 6.39. The highest BCUT2D eigenvalue weighted by Crippen LogP contribution is 2.41. The number of imidazole rings is 1. The summed E-state index contributed by atoms with van der Waals surface area (Å²) in [5.41, 5.74) is 6.73. The number of primary amides is 1. The molecule has 210 valence electrons. The predicted octanol–water partition coefficient (Wildman–Crippen LogP) is 5.58. The van der Waals surface area contributed by atoms with E-state index in [1.54, 1.807) is 6.20 Å². The predicted molar refractivity (Wildman–Crippen MR) is 139 cm³/mol. The van der Waals surface area contributed by atoms with Crippen LogP contribution >= 0.6 is 23.2 Å². The quantitative estimate of drug-likeness (QED) is 0.326. The van der Waals surface area contributed by atoms with Crippen LogP contribution in [0.3, 0.4) is 0 Å². The van der Waals surface area contributed by atoms with Gasteiger partial charge in [-0.1, -0.05) is 23.2 Å². The minimum atomic E-state index is -4.89. The van der Waals surface area contributed by atoms with Crippen LogP contribution in [0.4, 0.5) is 30.8 Å². The zero-order chi connectivity index (χ0) is 27.7. The van der Waals surface area contributed by atoms with Crippen molar-refractivity contribution in [2.75, 3.05) is 23.8 Å². The van der Waals surface area contributed by atoms with E-state index in [4.69, 9.17) is 38.7 Å². The fraction of sp³-hybridized carbons (Fsp3) is 0.500. The molecule has 1 aliphatic carbocycles. The van der Waals surface area contributed by atoms with Crippen LogP contribution in [0.15, 0.2) is 18.3 Å². The van der Waals surface area contributed by atoms with Gasteiger partial charge in [0.25, 0.3) is 0 Å². The normalized spacial score (nSPS) is 20.6. The lowest BCUT2D eigenvalue weighted by molar-refractivity contribution is -0.274. The molecule has 2 aromatic heterocycles. The molecule has 0 spiro atoms. The first-order valence-electron chi connectivity index (χ1n) is 12.5. The molecule has 0 bridgehead atoms. The second-order valence-electron chi connectivity index (χ2n) is 9.58. The number of nitrogens with two attached hydrogens (primary N) is 1. The summed E-state index contributed by atoms with van der Waals surface area (Å²) >= 11 is 12.6. The molecule has 1 saturated carbocycles. The van der Waals surface area contributed by atoms with E-state index < -0.39 is 12.1 Å². The molecule has 5 rings (SSSR count). The van der Waals surface area contributed by atoms with E-state index >= 15 is 0 Å². The van der Waals surface area contributed by atoms with Crippen LogP contribution in [0.25, 0.3) is 11.2 Å². The molecule has 1 aliphatic heterocycles. The molecule has 15 heteroatoms. The van der Waals surface area contributed by atoms with E-state index in [-0.39, 0.29) is 39.6 Å². The smallest absolute Gasteiger partial charge is 0.406 e. The van der Waals surface area contributed by atoms with Crippen LogP contribution in [0.2, 0.25) is 10.0 Å². The summed E-state index contributed by atoms with van der Waals surface area (Å²) in [5, 5.41) is 6.25. The van der Waals surface area contributed by atoms with Crippen LogP contribution in [0.1, 0.15) is 44.6 Å². The van der Waals surface area contributed by atoms with E-state index in [9.17, 15) is 18.0 Å². The zero-order valence-electron chi connectivity index (χ0n) is 20.6. The molecule has 39 heavy (non-hydrogen) atoms. The van der Waals surface area contributed by atoms with Gasteiger partial charge in [0.05, 0.1) is 21.9 Å². The summed E-state index contributed by atoms with van der Waals surface area (Å²) in [5.74, 6) is -0.308. The van der Waals surface area contributed by atoms with Gasteiger partial charge >= 0.3 is 6.36 Å². The van der Waals surface area contributed by atoms with Gasteiger partial charge in [-0.3, -0.25) is 9.36 Å². The Kier molecular flexibility index (Phi) is 7.92. The highest BCUT2D eigenvalue weighted by atomic mass is 35.5. The van der Waals surface area contributed by atoms with Crippen molar-refractivity contribution in [3.63, 3.8) is 0 Å². The number of hydrogen-bond donors (Lipinski definition) is 3. The third-order valence-corrected chi connectivity index (χ3v) is 7.53. The summed E-state index contributed by atoms with van der Waals surface area (Å²) < 4.78 is 49.4. The average molecular weight is 588 g/mol. The summed E-state index contributed by atoms with van der Waals surface area (Å²) in [4.78, 5) is 25.6. The minimum Gasteiger partial charge on any atom is -0.406 e. The number of carbonyl (C=O) groups excluding carboxylic acids is 1. The van der Waals surface area contributed by atoms with Gasteiger partial charge in [0.15, 0.2) is 5.65 Å². The molecule has 0 unspecified atom stereocenters. The zero-order valence-corrected chi connectivity index (χ0v) is 22.1. The monoisotopic (exact) mass is 587 g/mol. The van der Waals surface area contributed by atoms with Gasteiger partial charge in [-0.25, -0.2) is 9.97 Å². The second kappa shape index (κ2) is 11.2. The third-order valence-electron chi connectivity index (χ3n) is 6.94. The standard InChI is InChI=1S/C24H26Cl2F3N7O3/c25-16-9-15(39-24(27,28)29)10-17(26)19(16)34-23-33-18-11-31-22(32-13-5-7-38-8-6-13)35-21(18)36(23)14-3-1-12(2-4-14)20(30)37/h9-14H,1-8H2,(H2,30,37)(H,33,34)(H,31,32,35)/t12-,14-. The fourth-order valence-corrected chi connectivity index (χ4v) is 5.57. The fourth-order valence-electron chi connectivity index (χ4n) is 5.01. The second-order valence-corrected chi connectivity index (χ2v) is 10.4. The van der Waals surface area contributed by atoms with Crippen LogP contribution in [0.5, 0.6) is 5.75 Å². The number of nitrogens with one attached hydrogen (secondary N) is 2. The Morgan fingerprint density at radius 1 is 1.08 bits per heavy atom. The van der Waals surface area contributed by atoms with Crippen molar-refractivity contribution in [1.82, 2.24) is 19.5 Å². The van der Waals surface area contributed by atoms with Crippen molar-refractivity contribution in [2.24, 2.45) is 11.7 Å². The molecule has 2 fully saturated rings. The molecular formula is C24H26Cl2F3N7O3. The maximum absolute atomic E-state index is 12.7. The number of rotatable bonds is 7. The first kappa shape index (κ1) is 27.5. The number of anilines is 3. The van der Waals surface area contributed by atoms with Crippen LogP contribution < -0.4 is 21.1 Å². The van der Waals surface area contributed by atoms with Gasteiger partial charge in [-0.05, 0) is 38.5 Å². The van der Waals surface area contributed by atoms with E-state index in [0.717, 1.165) is 25.0 Å². The van der Waals surface area contributed by atoms with E-state index in [2.05, 4.69) is 25.3 Å². The number of hydrogen-bond acceptors (Lipinski definition) is 8. The van der Waals surface area contributed by atoms with Gasteiger partial charge in [0.1, 0.15) is 11.3 Å². The lowest BCUT2D eigenvalue weighted by atomic mass is 9.85. The number of alkyl halides is 3. The van der Waals surface area contributed by atoms with Gasteiger partial charge in [0, 0.05) is 43.3 Å². The summed E-state index contributed by atoms with van der Waals surface area (Å²) in [6.45, 7) is 1.31. The third kappa shape index (κ3) is 6.42. The van der Waals surface area contributed by atoms with Crippen molar-refractivity contribution in [2.45, 2.75) is 57.0 Å². The number of halogens is 5. The Hall–Kier alpha value is -3.03.